The number of likely N-dealkylation sites (tertiary alicyclic amines) is 1. The molecule has 8 heteroatoms. The number of thiophene rings is 1. The van der Waals surface area contributed by atoms with Crippen LogP contribution in [0, 0.1) is 12.8 Å². The molecule has 0 bridgehead atoms. The van der Waals surface area contributed by atoms with Gasteiger partial charge in [-0.15, -0.1) is 11.3 Å². The lowest BCUT2D eigenvalue weighted by Gasteiger charge is -2.32. The van der Waals surface area contributed by atoms with E-state index in [0.29, 0.717) is 24.1 Å². The smallest absolute Gasteiger partial charge is 0.265 e. The van der Waals surface area contributed by atoms with Crippen LogP contribution in [0.2, 0.25) is 0 Å². The van der Waals surface area contributed by atoms with Gasteiger partial charge in [-0.3, -0.25) is 4.79 Å². The molecule has 6 nitrogen and oxygen atoms in total. The third-order valence-corrected chi connectivity index (χ3v) is 6.06. The van der Waals surface area contributed by atoms with Crippen LogP contribution in [0.1, 0.15) is 34.1 Å². The van der Waals surface area contributed by atoms with Crippen LogP contribution in [-0.2, 0) is 6.42 Å². The predicted molar refractivity (Wildman–Crippen MR) is 96.8 cm³/mol. The molecule has 3 aromatic rings. The Morgan fingerprint density at radius 1 is 1.48 bits per heavy atom. The second-order valence-corrected chi connectivity index (χ2v) is 7.89. The second-order valence-electron chi connectivity index (χ2n) is 6.25. The molecule has 0 unspecified atom stereocenters. The standard InChI is InChI=1S/C17H18N4O2S2/c1-11-15(25-10-18-11)17(22)21-5-2-3-12(8-21)7-14-19-16(20-23-14)13-4-6-24-9-13/h4,6,9-10,12H,2-3,5,7-8H2,1H3/t12-/m0/s1. The summed E-state index contributed by atoms with van der Waals surface area (Å²) in [5.74, 6) is 1.73. The van der Waals surface area contributed by atoms with Crippen molar-refractivity contribution in [1.82, 2.24) is 20.0 Å². The van der Waals surface area contributed by atoms with E-state index in [1.54, 1.807) is 16.8 Å². The number of thiazole rings is 1. The Morgan fingerprint density at radius 2 is 2.40 bits per heavy atom. The van der Waals surface area contributed by atoms with Gasteiger partial charge in [0.05, 0.1) is 11.2 Å². The number of aryl methyl sites for hydroxylation is 1. The number of hydrogen-bond acceptors (Lipinski definition) is 7. The van der Waals surface area contributed by atoms with Crippen LogP contribution in [0.25, 0.3) is 11.4 Å². The maximum absolute atomic E-state index is 12.7. The Kier molecular flexibility index (Phi) is 4.63. The van der Waals surface area contributed by atoms with E-state index in [4.69, 9.17) is 4.52 Å². The van der Waals surface area contributed by atoms with Gasteiger partial charge in [-0.2, -0.15) is 16.3 Å². The maximum Gasteiger partial charge on any atom is 0.265 e. The molecule has 4 rings (SSSR count). The van der Waals surface area contributed by atoms with Gasteiger partial charge in [-0.05, 0) is 37.1 Å². The van der Waals surface area contributed by atoms with Gasteiger partial charge >= 0.3 is 0 Å². The summed E-state index contributed by atoms with van der Waals surface area (Å²) in [5.41, 5.74) is 3.53. The van der Waals surface area contributed by atoms with Gasteiger partial charge in [-0.1, -0.05) is 5.16 Å². The summed E-state index contributed by atoms with van der Waals surface area (Å²) >= 11 is 3.03. The van der Waals surface area contributed by atoms with Crippen LogP contribution in [0.3, 0.4) is 0 Å². The molecule has 0 aromatic carbocycles. The zero-order valence-electron chi connectivity index (χ0n) is 13.8. The highest BCUT2D eigenvalue weighted by Gasteiger charge is 2.27. The lowest BCUT2D eigenvalue weighted by atomic mass is 9.94. The van der Waals surface area contributed by atoms with Crippen molar-refractivity contribution < 1.29 is 9.32 Å². The molecule has 0 spiro atoms. The first-order chi connectivity index (χ1) is 12.2. The van der Waals surface area contributed by atoms with Gasteiger partial charge in [0.2, 0.25) is 11.7 Å². The molecule has 130 valence electrons. The van der Waals surface area contributed by atoms with E-state index in [-0.39, 0.29) is 5.91 Å². The van der Waals surface area contributed by atoms with Crippen LogP contribution in [0.5, 0.6) is 0 Å². The molecule has 0 aliphatic carbocycles. The molecular weight excluding hydrogens is 356 g/mol. The van der Waals surface area contributed by atoms with Crippen LogP contribution < -0.4 is 0 Å². The highest BCUT2D eigenvalue weighted by Crippen LogP contribution is 2.25. The van der Waals surface area contributed by atoms with E-state index < -0.39 is 0 Å². The quantitative estimate of drug-likeness (QED) is 0.697. The van der Waals surface area contributed by atoms with Crippen molar-refractivity contribution in [3.8, 4) is 11.4 Å². The number of hydrogen-bond donors (Lipinski definition) is 0. The summed E-state index contributed by atoms with van der Waals surface area (Å²) in [5, 5.41) is 8.07. The van der Waals surface area contributed by atoms with Gasteiger partial charge in [0.15, 0.2) is 0 Å². The first kappa shape index (κ1) is 16.4. The minimum atomic E-state index is 0.0918. The number of piperidine rings is 1. The molecule has 1 aliphatic rings. The first-order valence-electron chi connectivity index (χ1n) is 8.25. The van der Waals surface area contributed by atoms with E-state index in [2.05, 4.69) is 15.1 Å². The average molecular weight is 374 g/mol. The Morgan fingerprint density at radius 3 is 3.16 bits per heavy atom. The van der Waals surface area contributed by atoms with Crippen molar-refractivity contribution in [1.29, 1.82) is 0 Å². The number of amides is 1. The predicted octanol–water partition coefficient (Wildman–Crippen LogP) is 3.66. The van der Waals surface area contributed by atoms with E-state index in [9.17, 15) is 4.79 Å². The summed E-state index contributed by atoms with van der Waals surface area (Å²) in [7, 11) is 0. The molecule has 4 heterocycles. The van der Waals surface area contributed by atoms with Crippen molar-refractivity contribution in [2.45, 2.75) is 26.2 Å². The number of carbonyl (C=O) groups excluding carboxylic acids is 1. The van der Waals surface area contributed by atoms with Gasteiger partial charge in [-0.25, -0.2) is 4.98 Å². The summed E-state index contributed by atoms with van der Waals surface area (Å²) in [6.45, 7) is 3.42. The number of carbonyl (C=O) groups is 1. The Bertz CT molecular complexity index is 856. The fourth-order valence-corrected chi connectivity index (χ4v) is 4.56. The van der Waals surface area contributed by atoms with Crippen LogP contribution >= 0.6 is 22.7 Å². The van der Waals surface area contributed by atoms with Crippen molar-refractivity contribution >= 4 is 28.6 Å². The highest BCUT2D eigenvalue weighted by atomic mass is 32.1. The van der Waals surface area contributed by atoms with E-state index in [0.717, 1.165) is 42.1 Å². The van der Waals surface area contributed by atoms with Crippen LogP contribution in [0.4, 0.5) is 0 Å². The van der Waals surface area contributed by atoms with Crippen LogP contribution in [-0.4, -0.2) is 39.0 Å². The van der Waals surface area contributed by atoms with Gasteiger partial charge in [0.25, 0.3) is 5.91 Å². The van der Waals surface area contributed by atoms with Crippen molar-refractivity contribution in [2.24, 2.45) is 5.92 Å². The molecule has 1 amide bonds. The van der Waals surface area contributed by atoms with Crippen molar-refractivity contribution in [2.75, 3.05) is 13.1 Å². The third-order valence-electron chi connectivity index (χ3n) is 4.46. The van der Waals surface area contributed by atoms with Gasteiger partial charge in [0, 0.05) is 30.5 Å². The molecule has 1 saturated heterocycles. The van der Waals surface area contributed by atoms with E-state index in [1.807, 2.05) is 28.7 Å². The highest BCUT2D eigenvalue weighted by molar-refractivity contribution is 7.11. The molecular formula is C17H18N4O2S2. The molecule has 3 aromatic heterocycles. The fraction of sp³-hybridized carbons (Fsp3) is 0.412. The zero-order valence-corrected chi connectivity index (χ0v) is 15.5. The fourth-order valence-electron chi connectivity index (χ4n) is 3.16. The maximum atomic E-state index is 12.7. The zero-order chi connectivity index (χ0) is 17.2. The lowest BCUT2D eigenvalue weighted by Crippen LogP contribution is -2.40. The third kappa shape index (κ3) is 3.50. The summed E-state index contributed by atoms with van der Waals surface area (Å²) in [4.78, 5) is 24.1. The van der Waals surface area contributed by atoms with Crippen molar-refractivity contribution in [3.63, 3.8) is 0 Å². The molecule has 1 fully saturated rings. The van der Waals surface area contributed by atoms with Crippen LogP contribution in [0.15, 0.2) is 26.9 Å². The molecule has 0 N–H and O–H groups in total. The molecule has 0 saturated carbocycles. The number of nitrogens with zero attached hydrogens (tertiary/aromatic N) is 4. The molecule has 0 radical (unpaired) electrons. The summed E-state index contributed by atoms with van der Waals surface area (Å²) < 4.78 is 5.41. The molecule has 1 aliphatic heterocycles. The topological polar surface area (TPSA) is 72.1 Å². The minimum Gasteiger partial charge on any atom is -0.339 e. The van der Waals surface area contributed by atoms with Crippen molar-refractivity contribution in [3.05, 3.63) is 38.8 Å². The SMILES string of the molecule is Cc1ncsc1C(=O)N1CCC[C@@H](Cc2nc(-c3ccsc3)no2)C1. The summed E-state index contributed by atoms with van der Waals surface area (Å²) in [6, 6.07) is 1.98. The van der Waals surface area contributed by atoms with E-state index in [1.165, 1.54) is 11.3 Å². The Balaban J connectivity index is 1.42. The largest absolute Gasteiger partial charge is 0.339 e. The Labute approximate surface area is 153 Å². The lowest BCUT2D eigenvalue weighted by molar-refractivity contribution is 0.0672. The number of rotatable bonds is 4. The second kappa shape index (κ2) is 7.05. The minimum absolute atomic E-state index is 0.0918. The first-order valence-corrected chi connectivity index (χ1v) is 10.1. The normalized spacial score (nSPS) is 17.8. The average Bonchev–Trinajstić information content (AvgIpc) is 3.35. The Hall–Kier alpha value is -2.06. The number of aromatic nitrogens is 3. The molecule has 1 atom stereocenters. The van der Waals surface area contributed by atoms with E-state index >= 15 is 0 Å². The monoisotopic (exact) mass is 374 g/mol. The summed E-state index contributed by atoms with van der Waals surface area (Å²) in [6.07, 6.45) is 2.78. The molecule has 25 heavy (non-hydrogen) atoms. The van der Waals surface area contributed by atoms with Gasteiger partial charge < -0.3 is 9.42 Å². The van der Waals surface area contributed by atoms with Gasteiger partial charge in [0.1, 0.15) is 4.88 Å².